The molecular weight excluding hydrogens is 466 g/mol. The second-order valence-corrected chi connectivity index (χ2v) is 7.61. The van der Waals surface area contributed by atoms with Crippen LogP contribution >= 0.6 is 15.9 Å². The molecule has 2 N–H and O–H groups in total. The molecule has 9 heteroatoms. The second-order valence-electron chi connectivity index (χ2n) is 6.76. The quantitative estimate of drug-likeness (QED) is 0.381. The van der Waals surface area contributed by atoms with E-state index in [2.05, 4.69) is 26.6 Å². The lowest BCUT2D eigenvalue weighted by atomic mass is 10.1. The number of non-ortho nitro benzene ring substituents is 1. The Kier molecular flexibility index (Phi) is 6.03. The van der Waals surface area contributed by atoms with Crippen molar-refractivity contribution in [2.45, 2.75) is 6.04 Å². The van der Waals surface area contributed by atoms with E-state index >= 15 is 0 Å². The van der Waals surface area contributed by atoms with Crippen molar-refractivity contribution in [3.05, 3.63) is 86.9 Å². The number of nitro groups is 1. The molecule has 158 valence electrons. The number of nitrogens with zero attached hydrogens (tertiary/aromatic N) is 1. The predicted octanol–water partition coefficient (Wildman–Crippen LogP) is 4.92. The number of anilines is 2. The monoisotopic (exact) mass is 483 g/mol. The van der Waals surface area contributed by atoms with Crippen molar-refractivity contribution in [3.63, 3.8) is 0 Å². The first-order valence-corrected chi connectivity index (χ1v) is 10.3. The van der Waals surface area contributed by atoms with Crippen LogP contribution in [0.1, 0.15) is 11.6 Å². The van der Waals surface area contributed by atoms with Gasteiger partial charge >= 0.3 is 0 Å². The highest BCUT2D eigenvalue weighted by molar-refractivity contribution is 9.10. The summed E-state index contributed by atoms with van der Waals surface area (Å²) in [6, 6.07) is 18.1. The minimum absolute atomic E-state index is 0.0705. The molecule has 0 spiro atoms. The number of hydrogen-bond donors (Lipinski definition) is 2. The van der Waals surface area contributed by atoms with Gasteiger partial charge in [-0.1, -0.05) is 30.3 Å². The van der Waals surface area contributed by atoms with Crippen molar-refractivity contribution in [2.75, 3.05) is 23.8 Å². The number of amides is 1. The van der Waals surface area contributed by atoms with Crippen LogP contribution in [0.2, 0.25) is 0 Å². The Morgan fingerprint density at radius 2 is 1.74 bits per heavy atom. The second kappa shape index (κ2) is 9.05. The van der Waals surface area contributed by atoms with E-state index in [1.165, 1.54) is 18.2 Å². The number of carbonyl (C=O) groups is 1. The van der Waals surface area contributed by atoms with Gasteiger partial charge < -0.3 is 20.1 Å². The van der Waals surface area contributed by atoms with E-state index in [1.54, 1.807) is 12.1 Å². The number of hydrogen-bond acceptors (Lipinski definition) is 6. The number of halogens is 1. The number of fused-ring (bicyclic) bond motifs is 1. The lowest BCUT2D eigenvalue weighted by Gasteiger charge is -2.23. The molecule has 0 fully saturated rings. The van der Waals surface area contributed by atoms with Gasteiger partial charge in [0, 0.05) is 28.4 Å². The summed E-state index contributed by atoms with van der Waals surface area (Å²) in [5, 5.41) is 17.0. The standard InChI is InChI=1S/C22H18BrN3O5/c23-17-13-16(26(28)29)7-8-18(17)25-22(27)21(14-4-2-1-3-5-14)24-15-6-9-19-20(12-15)31-11-10-30-19/h1-9,12-13,21,24H,10-11H2,(H,25,27). The zero-order valence-corrected chi connectivity index (χ0v) is 17.8. The fourth-order valence-corrected chi connectivity index (χ4v) is 3.64. The molecule has 4 rings (SSSR count). The smallest absolute Gasteiger partial charge is 0.270 e. The molecule has 1 atom stereocenters. The fourth-order valence-electron chi connectivity index (χ4n) is 3.17. The average Bonchev–Trinajstić information content (AvgIpc) is 2.79. The Morgan fingerprint density at radius 1 is 1.00 bits per heavy atom. The maximum atomic E-state index is 13.2. The van der Waals surface area contributed by atoms with Gasteiger partial charge in [0.1, 0.15) is 19.3 Å². The summed E-state index contributed by atoms with van der Waals surface area (Å²) in [6.07, 6.45) is 0. The molecule has 8 nitrogen and oxygen atoms in total. The largest absolute Gasteiger partial charge is 0.486 e. The van der Waals surface area contributed by atoms with Crippen molar-refractivity contribution < 1.29 is 19.2 Å². The minimum atomic E-state index is -0.717. The van der Waals surface area contributed by atoms with Gasteiger partial charge in [-0.3, -0.25) is 14.9 Å². The molecule has 3 aromatic rings. The average molecular weight is 484 g/mol. The van der Waals surface area contributed by atoms with Gasteiger partial charge in [0.25, 0.3) is 11.6 Å². The molecule has 3 aromatic carbocycles. The molecule has 1 aliphatic rings. The lowest BCUT2D eigenvalue weighted by molar-refractivity contribution is -0.384. The summed E-state index contributed by atoms with van der Waals surface area (Å²) in [4.78, 5) is 23.7. The van der Waals surface area contributed by atoms with Crippen LogP contribution in [0.15, 0.2) is 71.2 Å². The Balaban J connectivity index is 1.60. The molecule has 1 unspecified atom stereocenters. The summed E-state index contributed by atoms with van der Waals surface area (Å²) in [5.74, 6) is 0.949. The molecule has 31 heavy (non-hydrogen) atoms. The lowest BCUT2D eigenvalue weighted by Crippen LogP contribution is -2.27. The normalized spacial score (nSPS) is 13.2. The van der Waals surface area contributed by atoms with Crippen LogP contribution in [-0.4, -0.2) is 24.0 Å². The van der Waals surface area contributed by atoms with Gasteiger partial charge in [0.2, 0.25) is 0 Å². The van der Waals surface area contributed by atoms with Gasteiger partial charge in [-0.2, -0.15) is 0 Å². The molecule has 0 saturated heterocycles. The van der Waals surface area contributed by atoms with E-state index in [0.29, 0.717) is 40.6 Å². The van der Waals surface area contributed by atoms with E-state index in [-0.39, 0.29) is 11.6 Å². The summed E-state index contributed by atoms with van der Waals surface area (Å²) >= 11 is 3.29. The maximum absolute atomic E-state index is 13.2. The topological polar surface area (TPSA) is 103 Å². The van der Waals surface area contributed by atoms with Crippen LogP contribution in [0.4, 0.5) is 17.1 Å². The number of benzene rings is 3. The van der Waals surface area contributed by atoms with Crippen LogP contribution in [0, 0.1) is 10.1 Å². The Labute approximate surface area is 186 Å². The van der Waals surface area contributed by atoms with Crippen LogP contribution in [-0.2, 0) is 4.79 Å². The molecule has 0 radical (unpaired) electrons. The van der Waals surface area contributed by atoms with Gasteiger partial charge in [-0.25, -0.2) is 0 Å². The number of ether oxygens (including phenoxy) is 2. The molecule has 1 aliphatic heterocycles. The van der Waals surface area contributed by atoms with Crippen LogP contribution < -0.4 is 20.1 Å². The van der Waals surface area contributed by atoms with Crippen molar-refractivity contribution in [2.24, 2.45) is 0 Å². The van der Waals surface area contributed by atoms with Crippen LogP contribution in [0.25, 0.3) is 0 Å². The van der Waals surface area contributed by atoms with Crippen LogP contribution in [0.3, 0.4) is 0 Å². The highest BCUT2D eigenvalue weighted by Gasteiger charge is 2.23. The SMILES string of the molecule is O=C(Nc1ccc([N+](=O)[O-])cc1Br)C(Nc1ccc2c(c1)OCCO2)c1ccccc1. The molecule has 0 bridgehead atoms. The highest BCUT2D eigenvalue weighted by Crippen LogP contribution is 2.34. The Hall–Kier alpha value is -3.59. The molecular formula is C22H18BrN3O5. The first-order valence-electron chi connectivity index (χ1n) is 9.47. The Bertz CT molecular complexity index is 1120. The molecule has 0 aromatic heterocycles. The number of rotatable bonds is 6. The molecule has 0 saturated carbocycles. The van der Waals surface area contributed by atoms with Crippen molar-refractivity contribution in [3.8, 4) is 11.5 Å². The third kappa shape index (κ3) is 4.77. The van der Waals surface area contributed by atoms with Crippen molar-refractivity contribution in [1.82, 2.24) is 0 Å². The molecule has 1 amide bonds. The van der Waals surface area contributed by atoms with E-state index in [0.717, 1.165) is 5.56 Å². The zero-order chi connectivity index (χ0) is 21.8. The number of nitro benzene ring substituents is 1. The summed E-state index contributed by atoms with van der Waals surface area (Å²) in [5.41, 5.74) is 1.81. The van der Waals surface area contributed by atoms with Crippen molar-refractivity contribution in [1.29, 1.82) is 0 Å². The van der Waals surface area contributed by atoms with Gasteiger partial charge in [0.15, 0.2) is 11.5 Å². The van der Waals surface area contributed by atoms with E-state index in [4.69, 9.17) is 9.47 Å². The maximum Gasteiger partial charge on any atom is 0.270 e. The Morgan fingerprint density at radius 3 is 2.45 bits per heavy atom. The van der Waals surface area contributed by atoms with E-state index < -0.39 is 11.0 Å². The highest BCUT2D eigenvalue weighted by atomic mass is 79.9. The third-order valence-electron chi connectivity index (χ3n) is 4.67. The molecule has 0 aliphatic carbocycles. The summed E-state index contributed by atoms with van der Waals surface area (Å²) < 4.78 is 11.6. The molecule has 1 heterocycles. The number of nitrogens with one attached hydrogen (secondary N) is 2. The first kappa shape index (κ1) is 20.7. The van der Waals surface area contributed by atoms with Crippen molar-refractivity contribution >= 4 is 38.9 Å². The predicted molar refractivity (Wildman–Crippen MR) is 120 cm³/mol. The summed E-state index contributed by atoms with van der Waals surface area (Å²) in [7, 11) is 0. The van der Waals surface area contributed by atoms with E-state index in [9.17, 15) is 14.9 Å². The fraction of sp³-hybridized carbons (Fsp3) is 0.136. The third-order valence-corrected chi connectivity index (χ3v) is 5.33. The first-order chi connectivity index (χ1) is 15.0. The minimum Gasteiger partial charge on any atom is -0.486 e. The summed E-state index contributed by atoms with van der Waals surface area (Å²) in [6.45, 7) is 0.964. The van der Waals surface area contributed by atoms with Gasteiger partial charge in [-0.05, 0) is 39.7 Å². The van der Waals surface area contributed by atoms with E-state index in [1.807, 2.05) is 36.4 Å². The number of carbonyl (C=O) groups excluding carboxylic acids is 1. The zero-order valence-electron chi connectivity index (χ0n) is 16.2. The van der Waals surface area contributed by atoms with Gasteiger partial charge in [-0.15, -0.1) is 0 Å². The van der Waals surface area contributed by atoms with Gasteiger partial charge in [0.05, 0.1) is 10.6 Å². The van der Waals surface area contributed by atoms with Crippen LogP contribution in [0.5, 0.6) is 11.5 Å².